The maximum absolute atomic E-state index is 11.5. The van der Waals surface area contributed by atoms with Gasteiger partial charge in [0, 0.05) is 17.4 Å². The molecular formula is C23H27NO2. The van der Waals surface area contributed by atoms with E-state index in [0.29, 0.717) is 17.5 Å². The first kappa shape index (κ1) is 17.3. The van der Waals surface area contributed by atoms with Gasteiger partial charge in [0.1, 0.15) is 0 Å². The van der Waals surface area contributed by atoms with Crippen molar-refractivity contribution in [1.82, 2.24) is 4.90 Å². The topological polar surface area (TPSA) is 40.5 Å². The van der Waals surface area contributed by atoms with Crippen molar-refractivity contribution in [1.29, 1.82) is 0 Å². The standard InChI is InChI=1S/C23H27NO2/c1-4-15-8-9-16-14-20-21(17-6-5-7-18(13-17)22(25)26)23(2,19(16)12-15)10-11-24(20)3/h5-9,12-13,20-21H,4,10-11,14H2,1-3H3,(H,25,26)/t20?,21-,23+/m0/s1. The molecule has 0 radical (unpaired) electrons. The van der Waals surface area contributed by atoms with Crippen LogP contribution in [0.25, 0.3) is 0 Å². The summed E-state index contributed by atoms with van der Waals surface area (Å²) in [6.07, 6.45) is 3.18. The normalized spacial score (nSPS) is 27.8. The van der Waals surface area contributed by atoms with E-state index in [1.807, 2.05) is 12.1 Å². The van der Waals surface area contributed by atoms with Gasteiger partial charge in [-0.05, 0) is 67.2 Å². The van der Waals surface area contributed by atoms with Crippen LogP contribution in [0.15, 0.2) is 42.5 Å². The monoisotopic (exact) mass is 349 g/mol. The van der Waals surface area contributed by atoms with Crippen LogP contribution in [0.1, 0.15) is 58.8 Å². The van der Waals surface area contributed by atoms with Gasteiger partial charge in [-0.25, -0.2) is 4.79 Å². The van der Waals surface area contributed by atoms with Crippen molar-refractivity contribution in [2.24, 2.45) is 0 Å². The zero-order chi connectivity index (χ0) is 18.5. The quantitative estimate of drug-likeness (QED) is 0.900. The van der Waals surface area contributed by atoms with Crippen LogP contribution >= 0.6 is 0 Å². The van der Waals surface area contributed by atoms with Crippen LogP contribution in [0.5, 0.6) is 0 Å². The minimum Gasteiger partial charge on any atom is -0.478 e. The van der Waals surface area contributed by atoms with Crippen molar-refractivity contribution in [2.75, 3.05) is 13.6 Å². The molecule has 1 fully saturated rings. The smallest absolute Gasteiger partial charge is 0.335 e. The van der Waals surface area contributed by atoms with E-state index in [1.54, 1.807) is 6.07 Å². The van der Waals surface area contributed by atoms with Gasteiger partial charge in [-0.2, -0.15) is 0 Å². The molecule has 0 spiro atoms. The number of nitrogens with zero attached hydrogens (tertiary/aromatic N) is 1. The molecule has 3 atom stereocenters. The SMILES string of the molecule is CCc1ccc2c(c1)[C@@]1(C)CCN(C)C(C2)[C@@H]1c1cccc(C(=O)O)c1. The second-order valence-corrected chi connectivity index (χ2v) is 8.17. The lowest BCUT2D eigenvalue weighted by molar-refractivity contribution is 0.0694. The molecule has 136 valence electrons. The van der Waals surface area contributed by atoms with Gasteiger partial charge in [-0.15, -0.1) is 0 Å². The summed E-state index contributed by atoms with van der Waals surface area (Å²) in [6, 6.07) is 15.0. The fraction of sp³-hybridized carbons (Fsp3) is 0.435. The summed E-state index contributed by atoms with van der Waals surface area (Å²) in [7, 11) is 2.21. The molecule has 1 aliphatic heterocycles. The highest BCUT2D eigenvalue weighted by Gasteiger charge is 2.50. The van der Waals surface area contributed by atoms with Crippen molar-refractivity contribution in [3.8, 4) is 0 Å². The van der Waals surface area contributed by atoms with E-state index in [-0.39, 0.29) is 5.41 Å². The third kappa shape index (κ3) is 2.57. The average Bonchev–Trinajstić information content (AvgIpc) is 2.65. The Morgan fingerprint density at radius 1 is 1.27 bits per heavy atom. The number of carboxylic acid groups (broad SMARTS) is 1. The number of hydrogen-bond acceptors (Lipinski definition) is 2. The number of aromatic carboxylic acids is 1. The summed E-state index contributed by atoms with van der Waals surface area (Å²) in [5.41, 5.74) is 5.93. The molecule has 2 aromatic rings. The highest BCUT2D eigenvalue weighted by Crippen LogP contribution is 2.53. The number of rotatable bonds is 3. The molecule has 3 nitrogen and oxygen atoms in total. The Balaban J connectivity index is 1.88. The molecule has 2 aliphatic rings. The number of carbonyl (C=O) groups is 1. The minimum absolute atomic E-state index is 0.0487. The first-order chi connectivity index (χ1) is 12.4. The maximum atomic E-state index is 11.5. The van der Waals surface area contributed by atoms with E-state index in [2.05, 4.69) is 50.1 Å². The molecule has 1 N–H and O–H groups in total. The number of aryl methyl sites for hydroxylation is 1. The molecule has 1 aliphatic carbocycles. The summed E-state index contributed by atoms with van der Waals surface area (Å²) in [5.74, 6) is -0.528. The summed E-state index contributed by atoms with van der Waals surface area (Å²) < 4.78 is 0. The zero-order valence-electron chi connectivity index (χ0n) is 15.8. The molecule has 2 bridgehead atoms. The van der Waals surface area contributed by atoms with Gasteiger partial charge in [0.05, 0.1) is 5.56 Å². The van der Waals surface area contributed by atoms with Gasteiger partial charge in [0.25, 0.3) is 0 Å². The number of likely N-dealkylation sites (N-methyl/N-ethyl adjacent to an activating group) is 1. The third-order valence-corrected chi connectivity index (χ3v) is 6.74. The summed E-state index contributed by atoms with van der Waals surface area (Å²) in [4.78, 5) is 14.0. The number of likely N-dealkylation sites (tertiary alicyclic amines) is 1. The Labute approximate surface area is 155 Å². The molecule has 26 heavy (non-hydrogen) atoms. The van der Waals surface area contributed by atoms with Gasteiger partial charge in [0.2, 0.25) is 0 Å². The third-order valence-electron chi connectivity index (χ3n) is 6.74. The first-order valence-corrected chi connectivity index (χ1v) is 9.60. The van der Waals surface area contributed by atoms with E-state index in [9.17, 15) is 9.90 Å². The predicted octanol–water partition coefficient (Wildman–Crippen LogP) is 4.25. The molecule has 1 saturated heterocycles. The van der Waals surface area contributed by atoms with Crippen LogP contribution in [-0.4, -0.2) is 35.6 Å². The Hall–Kier alpha value is -2.13. The van der Waals surface area contributed by atoms with Gasteiger partial charge in [0.15, 0.2) is 0 Å². The fourth-order valence-electron chi connectivity index (χ4n) is 5.22. The minimum atomic E-state index is -0.847. The number of piperidine rings is 1. The van der Waals surface area contributed by atoms with E-state index in [4.69, 9.17) is 0 Å². The fourth-order valence-corrected chi connectivity index (χ4v) is 5.22. The highest BCUT2D eigenvalue weighted by atomic mass is 16.4. The van der Waals surface area contributed by atoms with Crippen LogP contribution in [0.3, 0.4) is 0 Å². The van der Waals surface area contributed by atoms with Crippen molar-refractivity contribution in [2.45, 2.75) is 50.5 Å². The van der Waals surface area contributed by atoms with E-state index >= 15 is 0 Å². The molecule has 3 heteroatoms. The van der Waals surface area contributed by atoms with Gasteiger partial charge in [-0.3, -0.25) is 0 Å². The molecule has 4 rings (SSSR count). The molecule has 0 saturated carbocycles. The molecule has 2 aromatic carbocycles. The maximum Gasteiger partial charge on any atom is 0.335 e. The Bertz CT molecular complexity index is 859. The van der Waals surface area contributed by atoms with Crippen molar-refractivity contribution in [3.05, 3.63) is 70.3 Å². The molecule has 0 aromatic heterocycles. The molecule has 1 heterocycles. The Morgan fingerprint density at radius 2 is 2.08 bits per heavy atom. The van der Waals surface area contributed by atoms with E-state index in [0.717, 1.165) is 31.4 Å². The Kier molecular flexibility index (Phi) is 4.15. The lowest BCUT2D eigenvalue weighted by atomic mass is 9.56. The lowest BCUT2D eigenvalue weighted by Gasteiger charge is -2.55. The van der Waals surface area contributed by atoms with Gasteiger partial charge in [-0.1, -0.05) is 44.2 Å². The van der Waals surface area contributed by atoms with Crippen molar-refractivity contribution >= 4 is 5.97 Å². The average molecular weight is 349 g/mol. The second kappa shape index (κ2) is 6.24. The van der Waals surface area contributed by atoms with E-state index < -0.39 is 5.97 Å². The van der Waals surface area contributed by atoms with Crippen LogP contribution in [-0.2, 0) is 18.3 Å². The lowest BCUT2D eigenvalue weighted by Crippen LogP contribution is -2.56. The van der Waals surface area contributed by atoms with Crippen LogP contribution in [0.4, 0.5) is 0 Å². The van der Waals surface area contributed by atoms with Crippen molar-refractivity contribution in [3.63, 3.8) is 0 Å². The van der Waals surface area contributed by atoms with Gasteiger partial charge < -0.3 is 10.0 Å². The largest absolute Gasteiger partial charge is 0.478 e. The highest BCUT2D eigenvalue weighted by molar-refractivity contribution is 5.87. The predicted molar refractivity (Wildman–Crippen MR) is 104 cm³/mol. The first-order valence-electron chi connectivity index (χ1n) is 9.60. The summed E-state index contributed by atoms with van der Waals surface area (Å²) in [5, 5.41) is 9.44. The van der Waals surface area contributed by atoms with Crippen LogP contribution in [0.2, 0.25) is 0 Å². The van der Waals surface area contributed by atoms with Crippen LogP contribution in [0, 0.1) is 0 Å². The van der Waals surface area contributed by atoms with Gasteiger partial charge >= 0.3 is 5.97 Å². The summed E-state index contributed by atoms with van der Waals surface area (Å²) >= 11 is 0. The van der Waals surface area contributed by atoms with E-state index in [1.165, 1.54) is 16.7 Å². The zero-order valence-corrected chi connectivity index (χ0v) is 15.8. The molecule has 1 unspecified atom stereocenters. The van der Waals surface area contributed by atoms with Crippen LogP contribution < -0.4 is 0 Å². The number of carboxylic acids is 1. The molecule has 0 amide bonds. The number of benzene rings is 2. The number of fused-ring (bicyclic) bond motifs is 4. The molecular weight excluding hydrogens is 322 g/mol. The second-order valence-electron chi connectivity index (χ2n) is 8.17. The Morgan fingerprint density at radius 3 is 2.81 bits per heavy atom. The number of hydrogen-bond donors (Lipinski definition) is 1. The van der Waals surface area contributed by atoms with Crippen molar-refractivity contribution < 1.29 is 9.90 Å². The summed E-state index contributed by atoms with van der Waals surface area (Å²) in [6.45, 7) is 5.69.